The van der Waals surface area contributed by atoms with Gasteiger partial charge in [-0.25, -0.2) is 9.97 Å². The van der Waals surface area contributed by atoms with Crippen molar-refractivity contribution in [1.29, 1.82) is 0 Å². The summed E-state index contributed by atoms with van der Waals surface area (Å²) in [4.78, 5) is 23.9. The number of oxazole rings is 1. The van der Waals surface area contributed by atoms with Gasteiger partial charge in [0, 0.05) is 18.0 Å². The Morgan fingerprint density at radius 3 is 2.75 bits per heavy atom. The van der Waals surface area contributed by atoms with Gasteiger partial charge in [0.05, 0.1) is 6.20 Å². The second-order valence-corrected chi connectivity index (χ2v) is 3.95. The number of amides is 1. The lowest BCUT2D eigenvalue weighted by atomic mass is 10.2. The summed E-state index contributed by atoms with van der Waals surface area (Å²) in [5, 5.41) is 2.59. The molecule has 20 heavy (non-hydrogen) atoms. The molecule has 0 unspecified atom stereocenters. The minimum atomic E-state index is -0.392. The summed E-state index contributed by atoms with van der Waals surface area (Å²) in [5.41, 5.74) is 1.00. The van der Waals surface area contributed by atoms with Crippen LogP contribution in [0.4, 0.5) is 5.82 Å². The zero-order chi connectivity index (χ0) is 13.8. The second kappa shape index (κ2) is 5.31. The number of benzene rings is 1. The molecule has 98 valence electrons. The van der Waals surface area contributed by atoms with Gasteiger partial charge in [-0.05, 0) is 12.1 Å². The molecular weight excluding hydrogens is 256 g/mol. The summed E-state index contributed by atoms with van der Waals surface area (Å²) in [6.45, 7) is 0. The van der Waals surface area contributed by atoms with Crippen molar-refractivity contribution in [2.24, 2.45) is 0 Å². The van der Waals surface area contributed by atoms with E-state index in [9.17, 15) is 4.79 Å². The van der Waals surface area contributed by atoms with Crippen molar-refractivity contribution in [3.05, 3.63) is 60.9 Å². The van der Waals surface area contributed by atoms with E-state index in [-0.39, 0.29) is 5.69 Å². The normalized spacial score (nSPS) is 10.2. The largest absolute Gasteiger partial charge is 0.444 e. The molecule has 1 amide bonds. The summed E-state index contributed by atoms with van der Waals surface area (Å²) in [5.74, 6) is 0.369. The lowest BCUT2D eigenvalue weighted by molar-refractivity contribution is 0.102. The first-order valence-electron chi connectivity index (χ1n) is 5.91. The molecule has 6 heteroatoms. The van der Waals surface area contributed by atoms with E-state index in [1.807, 2.05) is 30.3 Å². The summed E-state index contributed by atoms with van der Waals surface area (Å²) >= 11 is 0. The lowest BCUT2D eigenvalue weighted by Crippen LogP contribution is -2.13. The van der Waals surface area contributed by atoms with E-state index >= 15 is 0 Å². The van der Waals surface area contributed by atoms with E-state index in [1.165, 1.54) is 24.9 Å². The van der Waals surface area contributed by atoms with Crippen molar-refractivity contribution >= 4 is 11.7 Å². The van der Waals surface area contributed by atoms with Crippen molar-refractivity contribution in [3.8, 4) is 11.5 Å². The Morgan fingerprint density at radius 1 is 1.15 bits per heavy atom. The van der Waals surface area contributed by atoms with Gasteiger partial charge in [0.25, 0.3) is 5.91 Å². The summed E-state index contributed by atoms with van der Waals surface area (Å²) in [7, 11) is 0. The van der Waals surface area contributed by atoms with Crippen LogP contribution in [0.1, 0.15) is 10.5 Å². The van der Waals surface area contributed by atoms with Crippen molar-refractivity contribution < 1.29 is 9.21 Å². The fourth-order valence-electron chi connectivity index (χ4n) is 1.64. The number of nitrogens with zero attached hydrogens (tertiary/aromatic N) is 3. The molecule has 0 bridgehead atoms. The Labute approximate surface area is 114 Å². The van der Waals surface area contributed by atoms with Crippen LogP contribution in [0.15, 0.2) is 59.6 Å². The molecule has 3 aromatic rings. The third-order valence-corrected chi connectivity index (χ3v) is 2.56. The molecule has 2 heterocycles. The first-order chi connectivity index (χ1) is 9.83. The quantitative estimate of drug-likeness (QED) is 0.787. The van der Waals surface area contributed by atoms with Gasteiger partial charge in [-0.3, -0.25) is 9.78 Å². The zero-order valence-electron chi connectivity index (χ0n) is 10.4. The van der Waals surface area contributed by atoms with Gasteiger partial charge in [-0.15, -0.1) is 0 Å². The molecule has 0 aliphatic heterocycles. The minimum absolute atomic E-state index is 0.189. The van der Waals surface area contributed by atoms with Crippen LogP contribution in [0.2, 0.25) is 0 Å². The summed E-state index contributed by atoms with van der Waals surface area (Å²) < 4.78 is 5.30. The maximum Gasteiger partial charge on any atom is 0.278 e. The molecule has 0 fully saturated rings. The molecule has 0 atom stereocenters. The average Bonchev–Trinajstić information content (AvgIpc) is 2.99. The number of rotatable bonds is 3. The van der Waals surface area contributed by atoms with Crippen LogP contribution in [-0.2, 0) is 0 Å². The number of hydrogen-bond acceptors (Lipinski definition) is 5. The fraction of sp³-hybridized carbons (Fsp3) is 0. The van der Waals surface area contributed by atoms with Gasteiger partial charge in [-0.1, -0.05) is 18.2 Å². The van der Waals surface area contributed by atoms with Crippen LogP contribution >= 0.6 is 0 Å². The Kier molecular flexibility index (Phi) is 3.20. The van der Waals surface area contributed by atoms with E-state index in [0.29, 0.717) is 11.7 Å². The maximum absolute atomic E-state index is 12.0. The minimum Gasteiger partial charge on any atom is -0.444 e. The standard InChI is InChI=1S/C14H10N4O2/c19-13(18-12-8-15-6-7-16-12)11-9-20-14(17-11)10-4-2-1-3-5-10/h1-9H,(H,16,18,19). The first-order valence-corrected chi connectivity index (χ1v) is 5.91. The fourth-order valence-corrected chi connectivity index (χ4v) is 1.64. The van der Waals surface area contributed by atoms with Gasteiger partial charge in [0.2, 0.25) is 5.89 Å². The smallest absolute Gasteiger partial charge is 0.278 e. The lowest BCUT2D eigenvalue weighted by Gasteiger charge is -1.99. The van der Waals surface area contributed by atoms with Crippen molar-refractivity contribution in [2.75, 3.05) is 5.32 Å². The van der Waals surface area contributed by atoms with Crippen molar-refractivity contribution in [1.82, 2.24) is 15.0 Å². The Hall–Kier alpha value is -3.02. The van der Waals surface area contributed by atoms with Crippen LogP contribution in [-0.4, -0.2) is 20.9 Å². The van der Waals surface area contributed by atoms with E-state index in [1.54, 1.807) is 0 Å². The molecule has 0 aliphatic carbocycles. The van der Waals surface area contributed by atoms with Crippen LogP contribution in [0.25, 0.3) is 11.5 Å². The average molecular weight is 266 g/mol. The van der Waals surface area contributed by atoms with Gasteiger partial charge >= 0.3 is 0 Å². The second-order valence-electron chi connectivity index (χ2n) is 3.95. The molecule has 1 N–H and O–H groups in total. The monoisotopic (exact) mass is 266 g/mol. The Balaban J connectivity index is 1.79. The number of carbonyl (C=O) groups excluding carboxylic acids is 1. The molecule has 0 saturated heterocycles. The number of carbonyl (C=O) groups is 1. The third-order valence-electron chi connectivity index (χ3n) is 2.56. The molecule has 0 radical (unpaired) electrons. The number of aromatic nitrogens is 3. The van der Waals surface area contributed by atoms with Crippen LogP contribution in [0, 0.1) is 0 Å². The van der Waals surface area contributed by atoms with E-state index < -0.39 is 5.91 Å². The van der Waals surface area contributed by atoms with Crippen molar-refractivity contribution in [3.63, 3.8) is 0 Å². The van der Waals surface area contributed by atoms with Crippen LogP contribution in [0.5, 0.6) is 0 Å². The third kappa shape index (κ3) is 2.54. The van der Waals surface area contributed by atoms with E-state index in [4.69, 9.17) is 4.42 Å². The van der Waals surface area contributed by atoms with Gasteiger partial charge in [-0.2, -0.15) is 0 Å². The molecule has 1 aromatic carbocycles. The van der Waals surface area contributed by atoms with Crippen molar-refractivity contribution in [2.45, 2.75) is 0 Å². The number of hydrogen-bond donors (Lipinski definition) is 1. The highest BCUT2D eigenvalue weighted by Crippen LogP contribution is 2.18. The number of anilines is 1. The predicted molar refractivity (Wildman–Crippen MR) is 71.9 cm³/mol. The van der Waals surface area contributed by atoms with Gasteiger partial charge in [0.15, 0.2) is 11.5 Å². The molecule has 6 nitrogen and oxygen atoms in total. The summed E-state index contributed by atoms with van der Waals surface area (Å²) in [6, 6.07) is 9.36. The highest BCUT2D eigenvalue weighted by Gasteiger charge is 2.13. The molecule has 0 saturated carbocycles. The maximum atomic E-state index is 12.0. The molecule has 2 aromatic heterocycles. The van der Waals surface area contributed by atoms with E-state index in [0.717, 1.165) is 5.56 Å². The van der Waals surface area contributed by atoms with Gasteiger partial charge < -0.3 is 9.73 Å². The predicted octanol–water partition coefficient (Wildman–Crippen LogP) is 2.38. The Bertz CT molecular complexity index is 710. The Morgan fingerprint density at radius 2 is 2.00 bits per heavy atom. The molecule has 0 aliphatic rings. The van der Waals surface area contributed by atoms with Crippen LogP contribution in [0.3, 0.4) is 0 Å². The zero-order valence-corrected chi connectivity index (χ0v) is 10.4. The number of nitrogens with one attached hydrogen (secondary N) is 1. The highest BCUT2D eigenvalue weighted by molar-refractivity contribution is 6.02. The molecule has 3 rings (SSSR count). The van der Waals surface area contributed by atoms with Gasteiger partial charge in [0.1, 0.15) is 6.26 Å². The topological polar surface area (TPSA) is 80.9 Å². The molecular formula is C14H10N4O2. The highest BCUT2D eigenvalue weighted by atomic mass is 16.3. The van der Waals surface area contributed by atoms with E-state index in [2.05, 4.69) is 20.3 Å². The first kappa shape index (κ1) is 12.0. The summed E-state index contributed by atoms with van der Waals surface area (Å²) in [6.07, 6.45) is 5.79. The SMILES string of the molecule is O=C(Nc1cnccn1)c1coc(-c2ccccc2)n1. The molecule has 0 spiro atoms. The van der Waals surface area contributed by atoms with Crippen LogP contribution < -0.4 is 5.32 Å².